The number of amides is 1. The molecule has 0 aliphatic heterocycles. The number of aromatic nitrogens is 2. The number of nitrogens with one attached hydrogen (secondary N) is 1. The minimum atomic E-state index is -0.669. The van der Waals surface area contributed by atoms with E-state index in [4.69, 9.17) is 9.63 Å². The van der Waals surface area contributed by atoms with Crippen LogP contribution in [0.1, 0.15) is 48.3 Å². The van der Waals surface area contributed by atoms with Gasteiger partial charge in [-0.2, -0.15) is 4.98 Å². The Bertz CT molecular complexity index is 1040. The van der Waals surface area contributed by atoms with E-state index < -0.39 is 18.6 Å². The average molecular weight is 458 g/mol. The number of aliphatic hydroxyl groups is 2. The summed E-state index contributed by atoms with van der Waals surface area (Å²) in [5.41, 5.74) is 4.40. The lowest BCUT2D eigenvalue weighted by Crippen LogP contribution is -2.34. The molecule has 0 fully saturated rings. The van der Waals surface area contributed by atoms with Crippen LogP contribution in [0.25, 0.3) is 22.2 Å². The van der Waals surface area contributed by atoms with E-state index in [0.717, 1.165) is 35.3 Å². The fourth-order valence-electron chi connectivity index (χ4n) is 3.71. The summed E-state index contributed by atoms with van der Waals surface area (Å²) in [5, 5.41) is 25.6. The first-order valence-corrected chi connectivity index (χ1v) is 11.9. The van der Waals surface area contributed by atoms with Crippen LogP contribution < -0.4 is 5.32 Å². The van der Waals surface area contributed by atoms with Crippen LogP contribution in [0.2, 0.25) is 0 Å². The number of nitrogens with zero attached hydrogens (tertiary/aromatic N) is 2. The van der Waals surface area contributed by atoms with E-state index in [1.807, 2.05) is 6.07 Å². The molecule has 1 amide bonds. The van der Waals surface area contributed by atoms with Crippen LogP contribution in [0, 0.1) is 6.92 Å². The molecule has 3 aromatic rings. The lowest BCUT2D eigenvalue weighted by atomic mass is 9.92. The number of carbonyl (C=O) groups is 1. The molecule has 0 bridgehead atoms. The van der Waals surface area contributed by atoms with Gasteiger partial charge in [0, 0.05) is 17.0 Å². The number of benzene rings is 1. The Hall–Kier alpha value is -2.55. The standard InChI is InChI=1S/C24H31N3O4S/c1-4-6-19-8-10-21(32-19)24-26-23(27-31-24)17-11-15(3)20(16(5-2)12-17)9-7-18(29)13-25-22(30)14-28/h8,10-12,18,28-29H,4-7,9,13-14H2,1-3H3,(H,25,30)/t18-/m0/s1. The number of thiophene rings is 1. The van der Waals surface area contributed by atoms with Crippen molar-refractivity contribution in [3.05, 3.63) is 45.8 Å². The molecule has 0 unspecified atom stereocenters. The molecule has 8 heteroatoms. The highest BCUT2D eigenvalue weighted by Crippen LogP contribution is 2.31. The summed E-state index contributed by atoms with van der Waals surface area (Å²) in [6, 6.07) is 8.30. The van der Waals surface area contributed by atoms with Crippen molar-refractivity contribution in [2.24, 2.45) is 0 Å². The zero-order valence-electron chi connectivity index (χ0n) is 18.9. The Balaban J connectivity index is 1.73. The molecule has 0 spiro atoms. The molecule has 2 heterocycles. The van der Waals surface area contributed by atoms with E-state index in [1.54, 1.807) is 11.3 Å². The third-order valence-electron chi connectivity index (χ3n) is 5.41. The second-order valence-electron chi connectivity index (χ2n) is 7.88. The topological polar surface area (TPSA) is 108 Å². The molecule has 0 radical (unpaired) electrons. The zero-order valence-corrected chi connectivity index (χ0v) is 19.7. The number of aliphatic hydroxyl groups excluding tert-OH is 2. The average Bonchev–Trinajstić information content (AvgIpc) is 3.46. The third kappa shape index (κ3) is 6.03. The quantitative estimate of drug-likeness (QED) is 0.405. The monoisotopic (exact) mass is 457 g/mol. The second-order valence-corrected chi connectivity index (χ2v) is 9.05. The van der Waals surface area contributed by atoms with Gasteiger partial charge in [0.25, 0.3) is 5.89 Å². The first-order chi connectivity index (χ1) is 15.4. The van der Waals surface area contributed by atoms with Gasteiger partial charge in [0.1, 0.15) is 6.61 Å². The van der Waals surface area contributed by atoms with Crippen molar-refractivity contribution in [1.29, 1.82) is 0 Å². The molecule has 0 aliphatic rings. The fraction of sp³-hybridized carbons (Fsp3) is 0.458. The van der Waals surface area contributed by atoms with Crippen LogP contribution >= 0.6 is 11.3 Å². The summed E-state index contributed by atoms with van der Waals surface area (Å²) in [6.07, 6.45) is 3.54. The molecular formula is C24H31N3O4S. The fourth-order valence-corrected chi connectivity index (χ4v) is 4.74. The van der Waals surface area contributed by atoms with Gasteiger partial charge in [-0.25, -0.2) is 0 Å². The predicted octanol–water partition coefficient (Wildman–Crippen LogP) is 3.69. The zero-order chi connectivity index (χ0) is 23.1. The third-order valence-corrected chi connectivity index (χ3v) is 6.54. The summed E-state index contributed by atoms with van der Waals surface area (Å²) in [6.45, 7) is 5.87. The van der Waals surface area contributed by atoms with E-state index in [1.165, 1.54) is 16.0 Å². The van der Waals surface area contributed by atoms with Crippen LogP contribution in [0.15, 0.2) is 28.8 Å². The molecule has 7 nitrogen and oxygen atoms in total. The Morgan fingerprint density at radius 1 is 1.25 bits per heavy atom. The molecule has 172 valence electrons. The largest absolute Gasteiger partial charge is 0.391 e. The van der Waals surface area contributed by atoms with Crippen molar-refractivity contribution < 1.29 is 19.5 Å². The van der Waals surface area contributed by atoms with Crippen molar-refractivity contribution in [3.63, 3.8) is 0 Å². The minimum Gasteiger partial charge on any atom is -0.391 e. The van der Waals surface area contributed by atoms with E-state index in [9.17, 15) is 9.90 Å². The van der Waals surface area contributed by atoms with Gasteiger partial charge in [0.15, 0.2) is 0 Å². The van der Waals surface area contributed by atoms with Gasteiger partial charge in [-0.3, -0.25) is 4.79 Å². The van der Waals surface area contributed by atoms with E-state index in [0.29, 0.717) is 24.6 Å². The molecule has 1 atom stereocenters. The maximum atomic E-state index is 11.1. The molecule has 0 aliphatic carbocycles. The van der Waals surface area contributed by atoms with Crippen molar-refractivity contribution in [2.45, 2.75) is 59.0 Å². The van der Waals surface area contributed by atoms with Crippen molar-refractivity contribution >= 4 is 17.2 Å². The second kappa shape index (κ2) is 11.4. The smallest absolute Gasteiger partial charge is 0.268 e. The maximum absolute atomic E-state index is 11.1. The summed E-state index contributed by atoms with van der Waals surface area (Å²) in [7, 11) is 0. The van der Waals surface area contributed by atoms with Crippen LogP contribution in [0.3, 0.4) is 0 Å². The molecule has 0 saturated carbocycles. The van der Waals surface area contributed by atoms with Crippen molar-refractivity contribution in [3.8, 4) is 22.2 Å². The summed E-state index contributed by atoms with van der Waals surface area (Å²) in [4.78, 5) is 18.1. The molecule has 3 rings (SSSR count). The molecular weight excluding hydrogens is 426 g/mol. The van der Waals surface area contributed by atoms with Gasteiger partial charge in [0.05, 0.1) is 11.0 Å². The summed E-state index contributed by atoms with van der Waals surface area (Å²) < 4.78 is 5.54. The first kappa shape index (κ1) is 24.1. The van der Waals surface area contributed by atoms with E-state index in [2.05, 4.69) is 54.4 Å². The van der Waals surface area contributed by atoms with E-state index >= 15 is 0 Å². The van der Waals surface area contributed by atoms with Gasteiger partial charge in [-0.05, 0) is 73.6 Å². The van der Waals surface area contributed by atoms with Gasteiger partial charge in [0.2, 0.25) is 11.7 Å². The highest BCUT2D eigenvalue weighted by Gasteiger charge is 2.16. The normalized spacial score (nSPS) is 12.2. The number of hydrogen-bond donors (Lipinski definition) is 3. The van der Waals surface area contributed by atoms with Gasteiger partial charge in [-0.15, -0.1) is 11.3 Å². The van der Waals surface area contributed by atoms with E-state index in [-0.39, 0.29) is 6.54 Å². The van der Waals surface area contributed by atoms with Crippen molar-refractivity contribution in [2.75, 3.05) is 13.2 Å². The molecule has 3 N–H and O–H groups in total. The number of hydrogen-bond acceptors (Lipinski definition) is 7. The Kier molecular flexibility index (Phi) is 8.55. The predicted molar refractivity (Wildman–Crippen MR) is 126 cm³/mol. The molecule has 0 saturated heterocycles. The first-order valence-electron chi connectivity index (χ1n) is 11.1. The molecule has 2 aromatic heterocycles. The number of rotatable bonds is 11. The van der Waals surface area contributed by atoms with Crippen LogP contribution in [0.4, 0.5) is 0 Å². The highest BCUT2D eigenvalue weighted by molar-refractivity contribution is 7.15. The lowest BCUT2D eigenvalue weighted by molar-refractivity contribution is -0.124. The van der Waals surface area contributed by atoms with Crippen molar-refractivity contribution in [1.82, 2.24) is 15.5 Å². The Morgan fingerprint density at radius 3 is 2.78 bits per heavy atom. The number of aryl methyl sites for hydroxylation is 3. The lowest BCUT2D eigenvalue weighted by Gasteiger charge is -2.16. The summed E-state index contributed by atoms with van der Waals surface area (Å²) in [5.74, 6) is 0.629. The molecule has 32 heavy (non-hydrogen) atoms. The minimum absolute atomic E-state index is 0.131. The number of carbonyl (C=O) groups excluding carboxylic acids is 1. The summed E-state index contributed by atoms with van der Waals surface area (Å²) >= 11 is 1.69. The molecule has 1 aromatic carbocycles. The Labute approximate surface area is 192 Å². The van der Waals surface area contributed by atoms with Crippen LogP contribution in [-0.4, -0.2) is 45.5 Å². The van der Waals surface area contributed by atoms with Gasteiger partial charge < -0.3 is 20.1 Å². The Morgan fingerprint density at radius 2 is 2.06 bits per heavy atom. The van der Waals surface area contributed by atoms with Crippen LogP contribution in [-0.2, 0) is 24.1 Å². The SMILES string of the molecule is CCCc1ccc(-c2nc(-c3cc(C)c(CC[C@H](O)CNC(=O)CO)c(CC)c3)no2)s1. The van der Waals surface area contributed by atoms with Gasteiger partial charge >= 0.3 is 0 Å². The highest BCUT2D eigenvalue weighted by atomic mass is 32.1. The maximum Gasteiger partial charge on any atom is 0.268 e. The van der Waals surface area contributed by atoms with Gasteiger partial charge in [-0.1, -0.05) is 25.4 Å². The van der Waals surface area contributed by atoms with Crippen LogP contribution in [0.5, 0.6) is 0 Å².